The first-order valence-electron chi connectivity index (χ1n) is 11.1. The quantitative estimate of drug-likeness (QED) is 0.545. The minimum Gasteiger partial charge on any atom is -0.493 e. The first kappa shape index (κ1) is 21.4. The van der Waals surface area contributed by atoms with Crippen LogP contribution in [0, 0.1) is 13.8 Å². The second-order valence-electron chi connectivity index (χ2n) is 8.31. The first-order valence-corrected chi connectivity index (χ1v) is 11.1. The van der Waals surface area contributed by atoms with E-state index in [0.717, 1.165) is 54.0 Å². The molecule has 0 aliphatic carbocycles. The number of imidazole rings is 1. The monoisotopic (exact) mass is 421 g/mol. The maximum absolute atomic E-state index is 12.5. The number of carbonyl (C=O) groups excluding carboxylic acids is 1. The molecule has 1 N–H and O–H groups in total. The average Bonchev–Trinajstić information content (AvgIpc) is 3.42. The second-order valence-corrected chi connectivity index (χ2v) is 8.31. The zero-order valence-corrected chi connectivity index (χ0v) is 18.6. The molecule has 0 saturated carbocycles. The topological polar surface area (TPSA) is 65.4 Å². The lowest BCUT2D eigenvalue weighted by molar-refractivity contribution is -0.130. The zero-order chi connectivity index (χ0) is 21.8. The van der Waals surface area contributed by atoms with Gasteiger partial charge in [0.05, 0.1) is 23.7 Å². The van der Waals surface area contributed by atoms with E-state index in [-0.39, 0.29) is 18.1 Å². The Balaban J connectivity index is 1.45. The third-order valence-electron chi connectivity index (χ3n) is 5.78. The van der Waals surface area contributed by atoms with Crippen LogP contribution in [0.5, 0.6) is 5.75 Å². The molecule has 6 nitrogen and oxygen atoms in total. The molecule has 1 amide bonds. The van der Waals surface area contributed by atoms with Crippen LogP contribution in [0.15, 0.2) is 42.5 Å². The Bertz CT molecular complexity index is 1050. The van der Waals surface area contributed by atoms with Crippen LogP contribution in [0.4, 0.5) is 0 Å². The highest BCUT2D eigenvalue weighted by Gasteiger charge is 2.26. The van der Waals surface area contributed by atoms with Gasteiger partial charge in [0, 0.05) is 13.2 Å². The standard InChI is InChI=1S/C25H31N3O3/c1-17-11-12-18(2)23(16-17)31-15-7-13-28-21-9-5-4-8-20(21)27-24(28)19(3)26-25(29)22-10-6-14-30-22/h4-5,8-9,11-12,16,19,22H,6-7,10,13-15H2,1-3H3,(H,26,29). The van der Waals surface area contributed by atoms with E-state index < -0.39 is 0 Å². The Hall–Kier alpha value is -2.86. The first-order chi connectivity index (χ1) is 15.0. The van der Waals surface area contributed by atoms with Gasteiger partial charge in [-0.05, 0) is 69.4 Å². The van der Waals surface area contributed by atoms with Crippen LogP contribution in [-0.4, -0.2) is 34.8 Å². The van der Waals surface area contributed by atoms with Gasteiger partial charge in [-0.3, -0.25) is 4.79 Å². The van der Waals surface area contributed by atoms with Crippen LogP contribution in [0.2, 0.25) is 0 Å². The number of ether oxygens (including phenoxy) is 2. The Labute approximate surface area is 183 Å². The molecule has 0 bridgehead atoms. The number of nitrogens with zero attached hydrogens (tertiary/aromatic N) is 2. The number of amides is 1. The number of para-hydroxylation sites is 2. The lowest BCUT2D eigenvalue weighted by atomic mass is 10.1. The minimum absolute atomic E-state index is 0.0538. The van der Waals surface area contributed by atoms with Gasteiger partial charge in [-0.15, -0.1) is 0 Å². The SMILES string of the molecule is Cc1ccc(C)c(OCCCn2c(C(C)NC(=O)C3CCCO3)nc3ccccc32)c1. The van der Waals surface area contributed by atoms with Gasteiger partial charge in [0.15, 0.2) is 0 Å². The lowest BCUT2D eigenvalue weighted by Gasteiger charge is -2.18. The summed E-state index contributed by atoms with van der Waals surface area (Å²) in [6.07, 6.45) is 2.22. The van der Waals surface area contributed by atoms with E-state index in [1.54, 1.807) is 0 Å². The summed E-state index contributed by atoms with van der Waals surface area (Å²) in [5.41, 5.74) is 4.35. The summed E-state index contributed by atoms with van der Waals surface area (Å²) in [5, 5.41) is 3.09. The van der Waals surface area contributed by atoms with Gasteiger partial charge < -0.3 is 19.4 Å². The molecule has 3 aromatic rings. The average molecular weight is 422 g/mol. The van der Waals surface area contributed by atoms with Crippen molar-refractivity contribution in [1.29, 1.82) is 0 Å². The fourth-order valence-corrected chi connectivity index (χ4v) is 4.08. The summed E-state index contributed by atoms with van der Waals surface area (Å²) in [6.45, 7) is 8.16. The number of nitrogens with one attached hydrogen (secondary N) is 1. The normalized spacial score (nSPS) is 17.1. The Morgan fingerprint density at radius 3 is 2.94 bits per heavy atom. The predicted molar refractivity (Wildman–Crippen MR) is 121 cm³/mol. The van der Waals surface area contributed by atoms with Crippen LogP contribution in [0.3, 0.4) is 0 Å². The Kier molecular flexibility index (Phi) is 6.56. The van der Waals surface area contributed by atoms with Crippen molar-refractivity contribution in [3.63, 3.8) is 0 Å². The number of hydrogen-bond acceptors (Lipinski definition) is 4. The van der Waals surface area contributed by atoms with Gasteiger partial charge in [-0.1, -0.05) is 24.3 Å². The van der Waals surface area contributed by atoms with E-state index >= 15 is 0 Å². The smallest absolute Gasteiger partial charge is 0.249 e. The molecule has 1 saturated heterocycles. The van der Waals surface area contributed by atoms with Crippen LogP contribution in [0.25, 0.3) is 11.0 Å². The minimum atomic E-state index is -0.341. The van der Waals surface area contributed by atoms with Gasteiger partial charge in [-0.2, -0.15) is 0 Å². The summed E-state index contributed by atoms with van der Waals surface area (Å²) in [5.74, 6) is 1.74. The number of fused-ring (bicyclic) bond motifs is 1. The number of aryl methyl sites for hydroxylation is 3. The molecule has 1 aromatic heterocycles. The molecule has 2 aromatic carbocycles. The molecule has 6 heteroatoms. The van der Waals surface area contributed by atoms with Crippen molar-refractivity contribution in [1.82, 2.24) is 14.9 Å². The summed E-state index contributed by atoms with van der Waals surface area (Å²) < 4.78 is 13.8. The molecule has 31 heavy (non-hydrogen) atoms. The van der Waals surface area contributed by atoms with Crippen molar-refractivity contribution in [2.75, 3.05) is 13.2 Å². The van der Waals surface area contributed by atoms with Crippen molar-refractivity contribution < 1.29 is 14.3 Å². The van der Waals surface area contributed by atoms with Crippen molar-refractivity contribution in [2.24, 2.45) is 0 Å². The van der Waals surface area contributed by atoms with E-state index in [2.05, 4.69) is 48.0 Å². The lowest BCUT2D eigenvalue weighted by Crippen LogP contribution is -2.36. The molecule has 1 fully saturated rings. The summed E-state index contributed by atoms with van der Waals surface area (Å²) >= 11 is 0. The van der Waals surface area contributed by atoms with E-state index in [9.17, 15) is 4.79 Å². The number of rotatable bonds is 8. The molecule has 4 rings (SSSR count). The largest absolute Gasteiger partial charge is 0.493 e. The molecular formula is C25H31N3O3. The van der Waals surface area contributed by atoms with Crippen molar-refractivity contribution in [3.05, 3.63) is 59.4 Å². The number of benzene rings is 2. The Morgan fingerprint density at radius 2 is 2.13 bits per heavy atom. The number of carbonyl (C=O) groups is 1. The maximum Gasteiger partial charge on any atom is 0.249 e. The summed E-state index contributed by atoms with van der Waals surface area (Å²) in [4.78, 5) is 17.4. The molecule has 1 aliphatic rings. The fraction of sp³-hybridized carbons (Fsp3) is 0.440. The van der Waals surface area contributed by atoms with Gasteiger partial charge in [0.2, 0.25) is 5.91 Å². The van der Waals surface area contributed by atoms with Gasteiger partial charge in [0.25, 0.3) is 0 Å². The van der Waals surface area contributed by atoms with Crippen molar-refractivity contribution in [2.45, 2.75) is 58.7 Å². The van der Waals surface area contributed by atoms with E-state index in [1.165, 1.54) is 5.56 Å². The van der Waals surface area contributed by atoms with Crippen LogP contribution in [0.1, 0.15) is 49.2 Å². The molecule has 164 valence electrons. The van der Waals surface area contributed by atoms with E-state index in [4.69, 9.17) is 14.5 Å². The van der Waals surface area contributed by atoms with Crippen LogP contribution >= 0.6 is 0 Å². The number of hydrogen-bond donors (Lipinski definition) is 1. The van der Waals surface area contributed by atoms with E-state index in [0.29, 0.717) is 13.2 Å². The van der Waals surface area contributed by atoms with Gasteiger partial charge in [0.1, 0.15) is 17.7 Å². The molecular weight excluding hydrogens is 390 g/mol. The van der Waals surface area contributed by atoms with Crippen LogP contribution in [-0.2, 0) is 16.1 Å². The summed E-state index contributed by atoms with van der Waals surface area (Å²) in [6, 6.07) is 14.2. The van der Waals surface area contributed by atoms with Crippen molar-refractivity contribution in [3.8, 4) is 5.75 Å². The second kappa shape index (κ2) is 9.52. The van der Waals surface area contributed by atoms with Gasteiger partial charge in [-0.25, -0.2) is 4.98 Å². The Morgan fingerprint density at radius 1 is 1.29 bits per heavy atom. The predicted octanol–water partition coefficient (Wildman–Crippen LogP) is 4.48. The van der Waals surface area contributed by atoms with Gasteiger partial charge >= 0.3 is 0 Å². The molecule has 0 spiro atoms. The highest BCUT2D eigenvalue weighted by atomic mass is 16.5. The maximum atomic E-state index is 12.5. The molecule has 0 radical (unpaired) electrons. The summed E-state index contributed by atoms with van der Waals surface area (Å²) in [7, 11) is 0. The van der Waals surface area contributed by atoms with Crippen molar-refractivity contribution >= 4 is 16.9 Å². The molecule has 2 atom stereocenters. The molecule has 2 heterocycles. The molecule has 2 unspecified atom stereocenters. The fourth-order valence-electron chi connectivity index (χ4n) is 4.08. The molecule has 1 aliphatic heterocycles. The van der Waals surface area contributed by atoms with Crippen LogP contribution < -0.4 is 10.1 Å². The highest BCUT2D eigenvalue weighted by molar-refractivity contribution is 5.81. The third kappa shape index (κ3) is 4.90. The third-order valence-corrected chi connectivity index (χ3v) is 5.78. The highest BCUT2D eigenvalue weighted by Crippen LogP contribution is 2.23. The zero-order valence-electron chi connectivity index (χ0n) is 18.6. The number of aromatic nitrogens is 2. The van der Waals surface area contributed by atoms with E-state index in [1.807, 2.05) is 25.1 Å².